The van der Waals surface area contributed by atoms with Crippen LogP contribution in [0.4, 0.5) is 5.95 Å². The van der Waals surface area contributed by atoms with Crippen molar-refractivity contribution in [3.63, 3.8) is 0 Å². The number of nitrogens with one attached hydrogen (secondary N) is 1. The maximum absolute atomic E-state index is 11.6. The van der Waals surface area contributed by atoms with Crippen LogP contribution >= 0.6 is 11.6 Å². The lowest BCUT2D eigenvalue weighted by Crippen LogP contribution is -2.19. The highest BCUT2D eigenvalue weighted by atomic mass is 35.5. The number of nitrogens with zero attached hydrogens (tertiary/aromatic N) is 2. The van der Waals surface area contributed by atoms with Gasteiger partial charge in [0.1, 0.15) is 5.15 Å². The molecular weight excluding hydrogens is 300 g/mol. The van der Waals surface area contributed by atoms with Crippen molar-refractivity contribution in [2.24, 2.45) is 0 Å². The fraction of sp³-hybridized carbons (Fsp3) is 0.188. The quantitative estimate of drug-likeness (QED) is 0.671. The number of carbonyl (C=O) groups excluding carboxylic acids is 1. The van der Waals surface area contributed by atoms with E-state index in [4.69, 9.17) is 17.3 Å². The van der Waals surface area contributed by atoms with Crippen LogP contribution in [0.25, 0.3) is 17.3 Å². The number of halogens is 1. The van der Waals surface area contributed by atoms with Crippen molar-refractivity contribution in [2.75, 3.05) is 12.3 Å². The number of hydrogen-bond donors (Lipinski definition) is 2. The molecule has 0 aliphatic carbocycles. The number of likely N-dealkylation sites (N-methyl/N-ethyl adjacent to an activating group) is 1. The van der Waals surface area contributed by atoms with E-state index in [9.17, 15) is 4.79 Å². The molecule has 0 atom stereocenters. The largest absolute Gasteiger partial charge is 0.368 e. The predicted molar refractivity (Wildman–Crippen MR) is 89.3 cm³/mol. The molecule has 0 fully saturated rings. The number of carbonyl (C=O) groups is 1. The zero-order valence-corrected chi connectivity index (χ0v) is 13.2. The third kappa shape index (κ3) is 3.83. The van der Waals surface area contributed by atoms with Crippen LogP contribution < -0.4 is 11.1 Å². The molecule has 1 aromatic carbocycles. The summed E-state index contributed by atoms with van der Waals surface area (Å²) in [5.74, 6) is -0.110. The SMILES string of the molecule is CCNC(=O)/C=C/c1c(Cl)nc(N)nc1-c1ccc(C)cc1. The van der Waals surface area contributed by atoms with E-state index in [1.54, 1.807) is 6.08 Å². The van der Waals surface area contributed by atoms with Crippen molar-refractivity contribution in [2.45, 2.75) is 13.8 Å². The lowest BCUT2D eigenvalue weighted by atomic mass is 10.1. The zero-order chi connectivity index (χ0) is 16.1. The number of amides is 1. The standard InChI is InChI=1S/C16H17ClN4O/c1-3-19-13(22)9-8-12-14(20-16(18)21-15(12)17)11-6-4-10(2)5-7-11/h4-9H,3H2,1-2H3,(H,19,22)(H2,18,20,21)/b9-8+. The van der Waals surface area contributed by atoms with Crippen LogP contribution in [0.2, 0.25) is 5.15 Å². The van der Waals surface area contributed by atoms with Crippen molar-refractivity contribution in [3.8, 4) is 11.3 Å². The van der Waals surface area contributed by atoms with Gasteiger partial charge < -0.3 is 11.1 Å². The number of nitrogen functional groups attached to an aromatic ring is 1. The van der Waals surface area contributed by atoms with Gasteiger partial charge in [0.05, 0.1) is 5.69 Å². The molecule has 0 saturated heterocycles. The Labute approximate surface area is 134 Å². The van der Waals surface area contributed by atoms with E-state index in [-0.39, 0.29) is 17.0 Å². The summed E-state index contributed by atoms with van der Waals surface area (Å²) in [6.07, 6.45) is 3.00. The summed E-state index contributed by atoms with van der Waals surface area (Å²) in [4.78, 5) is 19.8. The Morgan fingerprint density at radius 3 is 2.64 bits per heavy atom. The summed E-state index contributed by atoms with van der Waals surface area (Å²) in [5.41, 5.74) is 8.84. The van der Waals surface area contributed by atoms with Gasteiger partial charge >= 0.3 is 0 Å². The molecule has 0 saturated carbocycles. The first-order valence-corrected chi connectivity index (χ1v) is 7.25. The molecule has 1 amide bonds. The molecular formula is C16H17ClN4O. The van der Waals surface area contributed by atoms with Crippen LogP contribution in [0, 0.1) is 6.92 Å². The Kier molecular flexibility index (Phi) is 5.12. The van der Waals surface area contributed by atoms with Crippen LogP contribution in [-0.2, 0) is 4.79 Å². The van der Waals surface area contributed by atoms with E-state index >= 15 is 0 Å². The van der Waals surface area contributed by atoms with Crippen molar-refractivity contribution in [1.82, 2.24) is 15.3 Å². The maximum Gasteiger partial charge on any atom is 0.243 e. The van der Waals surface area contributed by atoms with Crippen LogP contribution in [0.3, 0.4) is 0 Å². The highest BCUT2D eigenvalue weighted by molar-refractivity contribution is 6.31. The van der Waals surface area contributed by atoms with E-state index in [2.05, 4.69) is 15.3 Å². The molecule has 22 heavy (non-hydrogen) atoms. The summed E-state index contributed by atoms with van der Waals surface area (Å²) < 4.78 is 0. The molecule has 0 unspecified atom stereocenters. The van der Waals surface area contributed by atoms with Gasteiger partial charge in [-0.25, -0.2) is 9.97 Å². The van der Waals surface area contributed by atoms with Gasteiger partial charge in [-0.3, -0.25) is 4.79 Å². The number of benzene rings is 1. The van der Waals surface area contributed by atoms with Gasteiger partial charge in [-0.15, -0.1) is 0 Å². The van der Waals surface area contributed by atoms with Gasteiger partial charge in [0.2, 0.25) is 11.9 Å². The van der Waals surface area contributed by atoms with Gasteiger partial charge in [0.15, 0.2) is 0 Å². The van der Waals surface area contributed by atoms with Gasteiger partial charge in [0.25, 0.3) is 0 Å². The lowest BCUT2D eigenvalue weighted by molar-refractivity contribution is -0.116. The average Bonchev–Trinajstić information content (AvgIpc) is 2.46. The summed E-state index contributed by atoms with van der Waals surface area (Å²) in [5, 5.41) is 2.89. The topological polar surface area (TPSA) is 80.9 Å². The highest BCUT2D eigenvalue weighted by Crippen LogP contribution is 2.28. The Hall–Kier alpha value is -2.40. The third-order valence-corrected chi connectivity index (χ3v) is 3.28. The molecule has 0 bridgehead atoms. The smallest absolute Gasteiger partial charge is 0.243 e. The number of hydrogen-bond acceptors (Lipinski definition) is 4. The Morgan fingerprint density at radius 2 is 2.00 bits per heavy atom. The van der Waals surface area contributed by atoms with E-state index in [0.717, 1.165) is 11.1 Å². The summed E-state index contributed by atoms with van der Waals surface area (Å²) >= 11 is 6.16. The minimum absolute atomic E-state index is 0.0933. The van der Waals surface area contributed by atoms with Crippen molar-refractivity contribution >= 4 is 29.5 Å². The minimum Gasteiger partial charge on any atom is -0.368 e. The fourth-order valence-electron chi connectivity index (χ4n) is 1.93. The van der Waals surface area contributed by atoms with Gasteiger partial charge in [0, 0.05) is 23.7 Å². The molecule has 2 rings (SSSR count). The molecule has 2 aromatic rings. The Morgan fingerprint density at radius 1 is 1.32 bits per heavy atom. The number of rotatable bonds is 4. The van der Waals surface area contributed by atoms with Gasteiger partial charge in [-0.05, 0) is 19.9 Å². The van der Waals surface area contributed by atoms with Crippen molar-refractivity contribution in [1.29, 1.82) is 0 Å². The van der Waals surface area contributed by atoms with Crippen LogP contribution in [0.1, 0.15) is 18.1 Å². The number of aromatic nitrogens is 2. The number of nitrogens with two attached hydrogens (primary N) is 1. The van der Waals surface area contributed by atoms with E-state index in [0.29, 0.717) is 17.8 Å². The first-order valence-electron chi connectivity index (χ1n) is 6.87. The maximum atomic E-state index is 11.6. The molecule has 0 radical (unpaired) electrons. The monoisotopic (exact) mass is 316 g/mol. The van der Waals surface area contributed by atoms with E-state index in [1.807, 2.05) is 38.1 Å². The number of aryl methyl sites for hydroxylation is 1. The zero-order valence-electron chi connectivity index (χ0n) is 12.4. The van der Waals surface area contributed by atoms with Gasteiger partial charge in [-0.2, -0.15) is 0 Å². The molecule has 114 valence electrons. The highest BCUT2D eigenvalue weighted by Gasteiger charge is 2.12. The van der Waals surface area contributed by atoms with Crippen LogP contribution in [-0.4, -0.2) is 22.4 Å². The predicted octanol–water partition coefficient (Wildman–Crippen LogP) is 2.84. The Bertz CT molecular complexity index is 711. The molecule has 0 aliphatic heterocycles. The second kappa shape index (κ2) is 7.04. The first kappa shape index (κ1) is 16.0. The second-order valence-corrected chi connectivity index (χ2v) is 5.09. The minimum atomic E-state index is -0.203. The van der Waals surface area contributed by atoms with Crippen molar-refractivity contribution < 1.29 is 4.79 Å². The van der Waals surface area contributed by atoms with Crippen LogP contribution in [0.15, 0.2) is 30.3 Å². The lowest BCUT2D eigenvalue weighted by Gasteiger charge is -2.08. The molecule has 6 heteroatoms. The molecule has 0 aliphatic rings. The fourth-order valence-corrected chi connectivity index (χ4v) is 2.17. The third-order valence-electron chi connectivity index (χ3n) is 2.99. The normalized spacial score (nSPS) is 10.9. The van der Waals surface area contributed by atoms with E-state index in [1.165, 1.54) is 6.08 Å². The number of anilines is 1. The van der Waals surface area contributed by atoms with Crippen molar-refractivity contribution in [3.05, 3.63) is 46.6 Å². The average molecular weight is 317 g/mol. The molecule has 0 spiro atoms. The molecule has 5 nitrogen and oxygen atoms in total. The summed E-state index contributed by atoms with van der Waals surface area (Å²) in [6, 6.07) is 7.80. The van der Waals surface area contributed by atoms with Crippen LogP contribution in [0.5, 0.6) is 0 Å². The van der Waals surface area contributed by atoms with Gasteiger partial charge in [-0.1, -0.05) is 41.4 Å². The molecule has 3 N–H and O–H groups in total. The summed E-state index contributed by atoms with van der Waals surface area (Å²) in [7, 11) is 0. The first-order chi connectivity index (χ1) is 10.5. The second-order valence-electron chi connectivity index (χ2n) is 4.73. The molecule has 1 heterocycles. The molecule has 1 aromatic heterocycles. The summed E-state index contributed by atoms with van der Waals surface area (Å²) in [6.45, 7) is 4.41. The van der Waals surface area contributed by atoms with E-state index < -0.39 is 0 Å². The Balaban J connectivity index is 2.48.